The summed E-state index contributed by atoms with van der Waals surface area (Å²) in [4.78, 5) is 23.4. The summed E-state index contributed by atoms with van der Waals surface area (Å²) < 4.78 is 10.2. The van der Waals surface area contributed by atoms with E-state index in [1.54, 1.807) is 30.3 Å². The lowest BCUT2D eigenvalue weighted by atomic mass is 10.2. The van der Waals surface area contributed by atoms with E-state index in [0.29, 0.717) is 16.5 Å². The van der Waals surface area contributed by atoms with Gasteiger partial charge < -0.3 is 14.8 Å². The van der Waals surface area contributed by atoms with Crippen LogP contribution in [0.1, 0.15) is 11.1 Å². The van der Waals surface area contributed by atoms with Gasteiger partial charge in [0.25, 0.3) is 5.91 Å². The first-order chi connectivity index (χ1) is 11.4. The number of amides is 1. The van der Waals surface area contributed by atoms with Crippen LogP contribution in [0.15, 0.2) is 42.5 Å². The molecule has 0 aliphatic carbocycles. The molecule has 2 rings (SSSR count). The third-order valence-electron chi connectivity index (χ3n) is 3.17. The second-order valence-corrected chi connectivity index (χ2v) is 5.69. The molecule has 126 valence electrons. The molecule has 2 aromatic rings. The molecule has 0 atom stereocenters. The molecule has 2 aromatic carbocycles. The number of hydrogen-bond acceptors (Lipinski definition) is 4. The Bertz CT molecular complexity index is 746. The lowest BCUT2D eigenvalue weighted by Gasteiger charge is -2.09. The molecule has 0 fully saturated rings. The van der Waals surface area contributed by atoms with Crippen LogP contribution in [-0.4, -0.2) is 25.1 Å². The first kappa shape index (κ1) is 17.8. The number of nitrogens with one attached hydrogen (secondary N) is 1. The first-order valence-electron chi connectivity index (χ1n) is 7.35. The monoisotopic (exact) mass is 347 g/mol. The molecular formula is C18H18ClNO4. The van der Waals surface area contributed by atoms with Crippen LogP contribution < -0.4 is 10.1 Å². The molecule has 0 aromatic heterocycles. The van der Waals surface area contributed by atoms with Crippen LogP contribution in [0.4, 0.5) is 5.69 Å². The van der Waals surface area contributed by atoms with Crippen LogP contribution in [0.5, 0.6) is 5.75 Å². The van der Waals surface area contributed by atoms with Crippen LogP contribution in [0, 0.1) is 13.8 Å². The van der Waals surface area contributed by atoms with E-state index in [0.717, 1.165) is 11.1 Å². The number of ether oxygens (including phenoxy) is 2. The Morgan fingerprint density at radius 3 is 2.58 bits per heavy atom. The zero-order valence-electron chi connectivity index (χ0n) is 13.5. The van der Waals surface area contributed by atoms with Gasteiger partial charge >= 0.3 is 5.97 Å². The molecule has 0 saturated heterocycles. The summed E-state index contributed by atoms with van der Waals surface area (Å²) in [5.41, 5.74) is 2.48. The molecule has 0 saturated carbocycles. The van der Waals surface area contributed by atoms with Crippen molar-refractivity contribution in [3.63, 3.8) is 0 Å². The molecule has 0 spiro atoms. The summed E-state index contributed by atoms with van der Waals surface area (Å²) in [6.45, 7) is 3.14. The van der Waals surface area contributed by atoms with Gasteiger partial charge in [0.1, 0.15) is 5.75 Å². The smallest absolute Gasteiger partial charge is 0.344 e. The molecule has 6 heteroatoms. The Labute approximate surface area is 145 Å². The van der Waals surface area contributed by atoms with Crippen molar-refractivity contribution >= 4 is 29.2 Å². The standard InChI is InChI=1S/C18H18ClNO4/c1-12-4-3-5-15(8-12)23-11-18(22)24-10-17(21)20-14-7-6-13(2)16(19)9-14/h3-9H,10-11H2,1-2H3,(H,20,21). The van der Waals surface area contributed by atoms with Gasteiger partial charge in [-0.3, -0.25) is 4.79 Å². The summed E-state index contributed by atoms with van der Waals surface area (Å²) in [5, 5.41) is 3.16. The highest BCUT2D eigenvalue weighted by Crippen LogP contribution is 2.19. The maximum absolute atomic E-state index is 11.8. The maximum Gasteiger partial charge on any atom is 0.344 e. The molecular weight excluding hydrogens is 330 g/mol. The van der Waals surface area contributed by atoms with Gasteiger partial charge in [-0.2, -0.15) is 0 Å². The molecule has 24 heavy (non-hydrogen) atoms. The summed E-state index contributed by atoms with van der Waals surface area (Å²) in [6.07, 6.45) is 0. The van der Waals surface area contributed by atoms with Crippen molar-refractivity contribution in [2.45, 2.75) is 13.8 Å². The molecule has 0 bridgehead atoms. The van der Waals surface area contributed by atoms with E-state index in [-0.39, 0.29) is 13.2 Å². The summed E-state index contributed by atoms with van der Waals surface area (Å²) >= 11 is 5.98. The van der Waals surface area contributed by atoms with Crippen molar-refractivity contribution in [2.24, 2.45) is 0 Å². The van der Waals surface area contributed by atoms with E-state index in [4.69, 9.17) is 21.1 Å². The Morgan fingerprint density at radius 1 is 1.08 bits per heavy atom. The highest BCUT2D eigenvalue weighted by molar-refractivity contribution is 6.31. The predicted octanol–water partition coefficient (Wildman–Crippen LogP) is 3.52. The van der Waals surface area contributed by atoms with E-state index >= 15 is 0 Å². The Balaban J connectivity index is 1.74. The number of rotatable bonds is 6. The number of carbonyl (C=O) groups is 2. The maximum atomic E-state index is 11.8. The average Bonchev–Trinajstić information content (AvgIpc) is 2.54. The second-order valence-electron chi connectivity index (χ2n) is 5.28. The molecule has 0 aliphatic heterocycles. The van der Waals surface area contributed by atoms with E-state index in [2.05, 4.69) is 5.32 Å². The van der Waals surface area contributed by atoms with Crippen LogP contribution >= 0.6 is 11.6 Å². The minimum Gasteiger partial charge on any atom is -0.482 e. The Kier molecular flexibility index (Phi) is 6.21. The molecule has 0 heterocycles. The SMILES string of the molecule is Cc1cccc(OCC(=O)OCC(=O)Nc2ccc(C)c(Cl)c2)c1. The Hall–Kier alpha value is -2.53. The second kappa shape index (κ2) is 8.36. The van der Waals surface area contributed by atoms with Gasteiger partial charge in [0.05, 0.1) is 0 Å². The van der Waals surface area contributed by atoms with E-state index in [1.165, 1.54) is 0 Å². The van der Waals surface area contributed by atoms with Crippen molar-refractivity contribution < 1.29 is 19.1 Å². The van der Waals surface area contributed by atoms with Gasteiger partial charge in [0.15, 0.2) is 13.2 Å². The van der Waals surface area contributed by atoms with Crippen LogP contribution in [0.2, 0.25) is 5.02 Å². The molecule has 1 N–H and O–H groups in total. The van der Waals surface area contributed by atoms with Gasteiger partial charge in [-0.15, -0.1) is 0 Å². The average molecular weight is 348 g/mol. The van der Waals surface area contributed by atoms with Gasteiger partial charge in [-0.1, -0.05) is 29.8 Å². The van der Waals surface area contributed by atoms with Crippen LogP contribution in [0.25, 0.3) is 0 Å². The topological polar surface area (TPSA) is 64.6 Å². The lowest BCUT2D eigenvalue weighted by Crippen LogP contribution is -2.23. The number of benzene rings is 2. The zero-order valence-corrected chi connectivity index (χ0v) is 14.2. The first-order valence-corrected chi connectivity index (χ1v) is 7.73. The fraction of sp³-hybridized carbons (Fsp3) is 0.222. The van der Waals surface area contributed by atoms with Crippen molar-refractivity contribution in [1.82, 2.24) is 0 Å². The minimum absolute atomic E-state index is 0.257. The third-order valence-corrected chi connectivity index (χ3v) is 3.57. The van der Waals surface area contributed by atoms with Crippen LogP contribution in [0.3, 0.4) is 0 Å². The van der Waals surface area contributed by atoms with E-state index < -0.39 is 11.9 Å². The Morgan fingerprint density at radius 2 is 1.88 bits per heavy atom. The number of carbonyl (C=O) groups excluding carboxylic acids is 2. The summed E-state index contributed by atoms with van der Waals surface area (Å²) in [5.74, 6) is -0.488. The minimum atomic E-state index is -0.617. The number of hydrogen-bond donors (Lipinski definition) is 1. The molecule has 1 amide bonds. The largest absolute Gasteiger partial charge is 0.482 e. The molecule has 5 nitrogen and oxygen atoms in total. The third kappa shape index (κ3) is 5.59. The molecule has 0 unspecified atom stereocenters. The van der Waals surface area contributed by atoms with Gasteiger partial charge in [-0.25, -0.2) is 4.79 Å². The van der Waals surface area contributed by atoms with Crippen molar-refractivity contribution in [1.29, 1.82) is 0 Å². The summed E-state index contributed by atoms with van der Waals surface area (Å²) in [6, 6.07) is 12.5. The molecule has 0 radical (unpaired) electrons. The fourth-order valence-corrected chi connectivity index (χ4v) is 2.08. The van der Waals surface area contributed by atoms with Gasteiger partial charge in [0.2, 0.25) is 0 Å². The van der Waals surface area contributed by atoms with Crippen molar-refractivity contribution in [3.05, 3.63) is 58.6 Å². The fourth-order valence-electron chi connectivity index (χ4n) is 1.90. The van der Waals surface area contributed by atoms with Gasteiger partial charge in [-0.05, 0) is 49.2 Å². The number of halogens is 1. The van der Waals surface area contributed by atoms with E-state index in [1.807, 2.05) is 26.0 Å². The normalized spacial score (nSPS) is 10.1. The van der Waals surface area contributed by atoms with E-state index in [9.17, 15) is 9.59 Å². The van der Waals surface area contributed by atoms with Gasteiger partial charge in [0, 0.05) is 10.7 Å². The highest BCUT2D eigenvalue weighted by atomic mass is 35.5. The van der Waals surface area contributed by atoms with Crippen molar-refractivity contribution in [2.75, 3.05) is 18.5 Å². The quantitative estimate of drug-likeness (QED) is 0.812. The predicted molar refractivity (Wildman–Crippen MR) is 92.5 cm³/mol. The lowest BCUT2D eigenvalue weighted by molar-refractivity contribution is -0.149. The van der Waals surface area contributed by atoms with Crippen molar-refractivity contribution in [3.8, 4) is 5.75 Å². The number of anilines is 1. The highest BCUT2D eigenvalue weighted by Gasteiger charge is 2.09. The zero-order chi connectivity index (χ0) is 17.5. The van der Waals surface area contributed by atoms with Crippen LogP contribution in [-0.2, 0) is 14.3 Å². The number of aryl methyl sites for hydroxylation is 2. The number of esters is 1. The molecule has 0 aliphatic rings. The summed E-state index contributed by atoms with van der Waals surface area (Å²) in [7, 11) is 0.